The molecule has 0 aliphatic heterocycles. The van der Waals surface area contributed by atoms with Crippen molar-refractivity contribution in [1.82, 2.24) is 10.2 Å². The smallest absolute Gasteiger partial charge is 0.151 e. The van der Waals surface area contributed by atoms with Gasteiger partial charge < -0.3 is 10.6 Å². The van der Waals surface area contributed by atoms with Gasteiger partial charge in [-0.05, 0) is 31.9 Å². The Bertz CT molecular complexity index is 303. The second kappa shape index (κ2) is 4.47. The quantitative estimate of drug-likeness (QED) is 0.819. The Morgan fingerprint density at radius 2 is 2.07 bits per heavy atom. The van der Waals surface area contributed by atoms with Gasteiger partial charge in [0.2, 0.25) is 0 Å². The minimum absolute atomic E-state index is 0.487. The number of anilines is 2. The second-order valence-electron chi connectivity index (χ2n) is 4.04. The van der Waals surface area contributed by atoms with Gasteiger partial charge >= 0.3 is 0 Å². The number of hydrogen-bond donors (Lipinski definition) is 1. The third kappa shape index (κ3) is 2.19. The molecule has 0 saturated heterocycles. The molecule has 1 aromatic rings. The molecule has 0 amide bonds. The van der Waals surface area contributed by atoms with Crippen molar-refractivity contribution in [3.63, 3.8) is 0 Å². The van der Waals surface area contributed by atoms with E-state index in [2.05, 4.69) is 22.0 Å². The van der Waals surface area contributed by atoms with E-state index in [0.29, 0.717) is 11.9 Å². The van der Waals surface area contributed by atoms with Crippen molar-refractivity contribution < 1.29 is 0 Å². The van der Waals surface area contributed by atoms with Gasteiger partial charge in [-0.25, -0.2) is 0 Å². The molecule has 0 unspecified atom stereocenters. The van der Waals surface area contributed by atoms with Crippen LogP contribution in [0.3, 0.4) is 0 Å². The van der Waals surface area contributed by atoms with Crippen LogP contribution in [-0.2, 0) is 0 Å². The molecule has 2 N–H and O–H groups in total. The number of aromatic nitrogens is 2. The summed E-state index contributed by atoms with van der Waals surface area (Å²) in [5.74, 6) is 1.44. The third-order valence-electron chi connectivity index (χ3n) is 3.07. The molecule has 82 valence electrons. The molecule has 1 saturated carbocycles. The molecule has 1 aromatic heterocycles. The number of nitrogen functional groups attached to an aromatic ring is 1. The molecule has 2 rings (SSSR count). The van der Waals surface area contributed by atoms with E-state index in [4.69, 9.17) is 5.73 Å². The number of nitrogens with two attached hydrogens (primary N) is 1. The van der Waals surface area contributed by atoms with Crippen LogP contribution in [-0.4, -0.2) is 22.8 Å². The zero-order chi connectivity index (χ0) is 10.7. The van der Waals surface area contributed by atoms with E-state index in [0.717, 1.165) is 12.4 Å². The molecule has 0 aromatic carbocycles. The Labute approximate surface area is 90.5 Å². The van der Waals surface area contributed by atoms with E-state index in [1.54, 1.807) is 0 Å². The first-order valence-electron chi connectivity index (χ1n) is 5.67. The average Bonchev–Trinajstić information content (AvgIpc) is 2.75. The van der Waals surface area contributed by atoms with E-state index in [-0.39, 0.29) is 0 Å². The van der Waals surface area contributed by atoms with Crippen LogP contribution in [0.4, 0.5) is 11.6 Å². The van der Waals surface area contributed by atoms with Crippen molar-refractivity contribution in [2.75, 3.05) is 17.2 Å². The first kappa shape index (κ1) is 10.2. The summed E-state index contributed by atoms with van der Waals surface area (Å²) in [4.78, 5) is 2.33. The molecule has 0 atom stereocenters. The van der Waals surface area contributed by atoms with Crippen LogP contribution >= 0.6 is 0 Å². The zero-order valence-corrected chi connectivity index (χ0v) is 9.19. The fourth-order valence-electron chi connectivity index (χ4n) is 2.31. The standard InChI is InChI=1S/C11H18N4/c1-2-15(9-5-3-4-6-9)11-8-7-10(12)13-14-11/h7-9H,2-6H2,1H3,(H2,12,13). The number of rotatable bonds is 3. The topological polar surface area (TPSA) is 55.0 Å². The van der Waals surface area contributed by atoms with Crippen LogP contribution in [0.1, 0.15) is 32.6 Å². The first-order valence-corrected chi connectivity index (χ1v) is 5.67. The van der Waals surface area contributed by atoms with Crippen molar-refractivity contribution in [1.29, 1.82) is 0 Å². The highest BCUT2D eigenvalue weighted by atomic mass is 15.3. The lowest BCUT2D eigenvalue weighted by molar-refractivity contribution is 0.609. The highest BCUT2D eigenvalue weighted by Crippen LogP contribution is 2.26. The van der Waals surface area contributed by atoms with Crippen molar-refractivity contribution in [2.24, 2.45) is 0 Å². The summed E-state index contributed by atoms with van der Waals surface area (Å²) >= 11 is 0. The highest BCUT2D eigenvalue weighted by Gasteiger charge is 2.22. The average molecular weight is 206 g/mol. The van der Waals surface area contributed by atoms with Crippen LogP contribution < -0.4 is 10.6 Å². The van der Waals surface area contributed by atoms with Crippen LogP contribution in [0.25, 0.3) is 0 Å². The Balaban J connectivity index is 2.14. The monoisotopic (exact) mass is 206 g/mol. The largest absolute Gasteiger partial charge is 0.382 e. The lowest BCUT2D eigenvalue weighted by Crippen LogP contribution is -2.33. The van der Waals surface area contributed by atoms with E-state index in [1.807, 2.05) is 12.1 Å². The van der Waals surface area contributed by atoms with E-state index < -0.39 is 0 Å². The van der Waals surface area contributed by atoms with Gasteiger partial charge in [-0.3, -0.25) is 0 Å². The van der Waals surface area contributed by atoms with E-state index in [1.165, 1.54) is 25.7 Å². The SMILES string of the molecule is CCN(c1ccc(N)nn1)C1CCCC1. The molecular weight excluding hydrogens is 188 g/mol. The van der Waals surface area contributed by atoms with Gasteiger partial charge in [0.1, 0.15) is 5.82 Å². The highest BCUT2D eigenvalue weighted by molar-refractivity contribution is 5.42. The van der Waals surface area contributed by atoms with Gasteiger partial charge in [0.15, 0.2) is 5.82 Å². The van der Waals surface area contributed by atoms with Crippen molar-refractivity contribution in [3.8, 4) is 0 Å². The summed E-state index contributed by atoms with van der Waals surface area (Å²) in [5.41, 5.74) is 5.53. The summed E-state index contributed by atoms with van der Waals surface area (Å²) in [5, 5.41) is 8.05. The van der Waals surface area contributed by atoms with Gasteiger partial charge in [-0.2, -0.15) is 0 Å². The van der Waals surface area contributed by atoms with Gasteiger partial charge in [-0.1, -0.05) is 12.8 Å². The van der Waals surface area contributed by atoms with Crippen molar-refractivity contribution in [3.05, 3.63) is 12.1 Å². The Morgan fingerprint density at radius 1 is 1.33 bits per heavy atom. The van der Waals surface area contributed by atoms with Gasteiger partial charge in [0.05, 0.1) is 0 Å². The Morgan fingerprint density at radius 3 is 2.60 bits per heavy atom. The minimum Gasteiger partial charge on any atom is -0.382 e. The molecule has 15 heavy (non-hydrogen) atoms. The molecule has 1 aliphatic carbocycles. The summed E-state index contributed by atoms with van der Waals surface area (Å²) in [6.45, 7) is 3.15. The Kier molecular flexibility index (Phi) is 3.04. The fourth-order valence-corrected chi connectivity index (χ4v) is 2.31. The van der Waals surface area contributed by atoms with Crippen molar-refractivity contribution in [2.45, 2.75) is 38.6 Å². The summed E-state index contributed by atoms with van der Waals surface area (Å²) in [6.07, 6.45) is 5.23. The molecule has 4 nitrogen and oxygen atoms in total. The molecule has 0 bridgehead atoms. The predicted octanol–water partition coefficient (Wildman–Crippen LogP) is 1.83. The summed E-state index contributed by atoms with van der Waals surface area (Å²) in [7, 11) is 0. The zero-order valence-electron chi connectivity index (χ0n) is 9.19. The maximum absolute atomic E-state index is 5.53. The molecule has 0 spiro atoms. The summed E-state index contributed by atoms with van der Waals surface area (Å²) < 4.78 is 0. The van der Waals surface area contributed by atoms with Gasteiger partial charge in [-0.15, -0.1) is 10.2 Å². The first-order chi connectivity index (χ1) is 7.31. The number of nitrogens with zero attached hydrogens (tertiary/aromatic N) is 3. The predicted molar refractivity (Wildman–Crippen MR) is 61.7 cm³/mol. The number of hydrogen-bond acceptors (Lipinski definition) is 4. The maximum atomic E-state index is 5.53. The van der Waals surface area contributed by atoms with E-state index in [9.17, 15) is 0 Å². The van der Waals surface area contributed by atoms with Crippen LogP contribution in [0.5, 0.6) is 0 Å². The Hall–Kier alpha value is -1.32. The van der Waals surface area contributed by atoms with Gasteiger partial charge in [0, 0.05) is 12.6 Å². The normalized spacial score (nSPS) is 16.9. The molecule has 1 fully saturated rings. The van der Waals surface area contributed by atoms with Crippen LogP contribution in [0, 0.1) is 0 Å². The molecule has 1 aliphatic rings. The lowest BCUT2D eigenvalue weighted by atomic mass is 10.2. The molecular formula is C11H18N4. The molecule has 4 heteroatoms. The maximum Gasteiger partial charge on any atom is 0.151 e. The van der Waals surface area contributed by atoms with Crippen molar-refractivity contribution >= 4 is 11.6 Å². The molecule has 0 radical (unpaired) electrons. The van der Waals surface area contributed by atoms with Crippen LogP contribution in [0.2, 0.25) is 0 Å². The lowest BCUT2D eigenvalue weighted by Gasteiger charge is -2.28. The summed E-state index contributed by atoms with van der Waals surface area (Å²) in [6, 6.07) is 4.43. The fraction of sp³-hybridized carbons (Fsp3) is 0.636. The molecule has 1 heterocycles. The van der Waals surface area contributed by atoms with Crippen LogP contribution in [0.15, 0.2) is 12.1 Å². The second-order valence-corrected chi connectivity index (χ2v) is 4.04. The van der Waals surface area contributed by atoms with Gasteiger partial charge in [0.25, 0.3) is 0 Å². The minimum atomic E-state index is 0.487. The third-order valence-corrected chi connectivity index (χ3v) is 3.07. The van der Waals surface area contributed by atoms with E-state index >= 15 is 0 Å².